The molecule has 0 aliphatic heterocycles. The minimum absolute atomic E-state index is 0.0814. The lowest BCUT2D eigenvalue weighted by atomic mass is 9.83. The van der Waals surface area contributed by atoms with Crippen molar-refractivity contribution in [1.29, 1.82) is 0 Å². The maximum atomic E-state index is 14.1. The van der Waals surface area contributed by atoms with Gasteiger partial charge in [-0.3, -0.25) is 4.79 Å². The van der Waals surface area contributed by atoms with Gasteiger partial charge in [-0.15, -0.1) is 0 Å². The fourth-order valence-corrected chi connectivity index (χ4v) is 3.49. The van der Waals surface area contributed by atoms with E-state index in [2.05, 4.69) is 5.32 Å². The molecule has 2 N–H and O–H groups in total. The summed E-state index contributed by atoms with van der Waals surface area (Å²) in [7, 11) is 0. The first-order chi connectivity index (χ1) is 12.4. The van der Waals surface area contributed by atoms with E-state index < -0.39 is 11.7 Å². The molecule has 3 nitrogen and oxygen atoms in total. The zero-order valence-corrected chi connectivity index (χ0v) is 14.9. The van der Waals surface area contributed by atoms with E-state index in [1.807, 2.05) is 0 Å². The molecule has 6 heteroatoms. The number of aliphatic hydroxyl groups is 1. The number of aliphatic hydroxyl groups excluding tert-OH is 1. The van der Waals surface area contributed by atoms with Gasteiger partial charge in [0.25, 0.3) is 5.91 Å². The van der Waals surface area contributed by atoms with E-state index in [1.54, 1.807) is 6.07 Å². The average molecular weight is 380 g/mol. The highest BCUT2D eigenvalue weighted by Gasteiger charge is 2.21. The lowest BCUT2D eigenvalue weighted by Gasteiger charge is -2.25. The van der Waals surface area contributed by atoms with Gasteiger partial charge in [0.1, 0.15) is 11.6 Å². The van der Waals surface area contributed by atoms with Crippen LogP contribution in [0.4, 0.5) is 14.5 Å². The van der Waals surface area contributed by atoms with Crippen molar-refractivity contribution in [2.45, 2.75) is 38.2 Å². The Morgan fingerprint density at radius 2 is 1.77 bits per heavy atom. The molecule has 1 aliphatic rings. The molecule has 2 aromatic rings. The lowest BCUT2D eigenvalue weighted by molar-refractivity contribution is 0.102. The highest BCUT2D eigenvalue weighted by Crippen LogP contribution is 2.28. The predicted octanol–water partition coefficient (Wildman–Crippen LogP) is 4.96. The third kappa shape index (κ3) is 4.59. The first-order valence-electron chi connectivity index (χ1n) is 8.65. The maximum Gasteiger partial charge on any atom is 0.255 e. The molecule has 0 atom stereocenters. The molecule has 0 bridgehead atoms. The Balaban J connectivity index is 1.71. The van der Waals surface area contributed by atoms with Crippen LogP contribution in [0.3, 0.4) is 0 Å². The number of hydrogen-bond donors (Lipinski definition) is 2. The van der Waals surface area contributed by atoms with Crippen LogP contribution in [-0.2, 0) is 6.42 Å². The van der Waals surface area contributed by atoms with Gasteiger partial charge in [0.15, 0.2) is 0 Å². The number of hydrogen-bond acceptors (Lipinski definition) is 2. The van der Waals surface area contributed by atoms with Gasteiger partial charge in [0.05, 0.1) is 11.1 Å². The molecule has 2 aromatic carbocycles. The normalized spacial score (nSPS) is 20.0. The molecule has 1 saturated carbocycles. The standard InChI is InChI=1S/C20H20ClF2NO2/c21-17-11-15(4-8-19(17)23)24-20(26)13-3-7-18(22)14(10-13)9-12-1-5-16(25)6-2-12/h3-4,7-8,10-12,16,25H,1-2,5-6,9H2,(H,24,26). The van der Waals surface area contributed by atoms with Crippen molar-refractivity contribution in [1.82, 2.24) is 0 Å². The smallest absolute Gasteiger partial charge is 0.255 e. The van der Waals surface area contributed by atoms with Crippen molar-refractivity contribution < 1.29 is 18.7 Å². The summed E-state index contributed by atoms with van der Waals surface area (Å²) >= 11 is 5.71. The molecule has 0 spiro atoms. The van der Waals surface area contributed by atoms with Crippen LogP contribution in [-0.4, -0.2) is 17.1 Å². The Morgan fingerprint density at radius 1 is 1.08 bits per heavy atom. The monoisotopic (exact) mass is 379 g/mol. The Morgan fingerprint density at radius 3 is 2.46 bits per heavy atom. The number of amides is 1. The van der Waals surface area contributed by atoms with E-state index in [9.17, 15) is 18.7 Å². The van der Waals surface area contributed by atoms with Crippen molar-refractivity contribution in [2.75, 3.05) is 5.32 Å². The van der Waals surface area contributed by atoms with Crippen molar-refractivity contribution in [2.24, 2.45) is 5.92 Å². The Labute approximate surface area is 156 Å². The summed E-state index contributed by atoms with van der Waals surface area (Å²) in [6, 6.07) is 8.18. The van der Waals surface area contributed by atoms with Crippen LogP contribution in [0.5, 0.6) is 0 Å². The van der Waals surface area contributed by atoms with Crippen molar-refractivity contribution in [3.05, 3.63) is 64.2 Å². The van der Waals surface area contributed by atoms with Crippen LogP contribution in [0, 0.1) is 17.6 Å². The molecule has 1 aliphatic carbocycles. The van der Waals surface area contributed by atoms with E-state index in [0.29, 0.717) is 29.2 Å². The summed E-state index contributed by atoms with van der Waals surface area (Å²) in [5.74, 6) is -1.00. The number of benzene rings is 2. The molecular formula is C20H20ClF2NO2. The minimum atomic E-state index is -0.564. The quantitative estimate of drug-likeness (QED) is 0.788. The zero-order valence-electron chi connectivity index (χ0n) is 14.1. The van der Waals surface area contributed by atoms with Crippen molar-refractivity contribution >= 4 is 23.2 Å². The maximum absolute atomic E-state index is 14.1. The average Bonchev–Trinajstić information content (AvgIpc) is 2.62. The van der Waals surface area contributed by atoms with Crippen LogP contribution >= 0.6 is 11.6 Å². The fraction of sp³-hybridized carbons (Fsp3) is 0.350. The molecule has 0 radical (unpaired) electrons. The first-order valence-corrected chi connectivity index (χ1v) is 9.03. The van der Waals surface area contributed by atoms with Gasteiger partial charge in [-0.25, -0.2) is 8.78 Å². The van der Waals surface area contributed by atoms with Gasteiger partial charge in [0.2, 0.25) is 0 Å². The van der Waals surface area contributed by atoms with E-state index in [-0.39, 0.29) is 16.9 Å². The molecule has 0 aromatic heterocycles. The van der Waals surface area contributed by atoms with Crippen LogP contribution in [0.15, 0.2) is 36.4 Å². The topological polar surface area (TPSA) is 49.3 Å². The van der Waals surface area contributed by atoms with E-state index in [4.69, 9.17) is 11.6 Å². The summed E-state index contributed by atoms with van der Waals surface area (Å²) in [6.45, 7) is 0. The number of carbonyl (C=O) groups is 1. The molecule has 3 rings (SSSR count). The Kier molecular flexibility index (Phi) is 5.89. The summed E-state index contributed by atoms with van der Waals surface area (Å²) < 4.78 is 27.3. The number of carbonyl (C=O) groups excluding carboxylic acids is 1. The molecule has 1 amide bonds. The van der Waals surface area contributed by atoms with Gasteiger partial charge in [-0.05, 0) is 80.0 Å². The van der Waals surface area contributed by atoms with Crippen LogP contribution in [0.2, 0.25) is 5.02 Å². The lowest BCUT2D eigenvalue weighted by Crippen LogP contribution is -2.20. The highest BCUT2D eigenvalue weighted by atomic mass is 35.5. The Hall–Kier alpha value is -1.98. The largest absolute Gasteiger partial charge is 0.393 e. The van der Waals surface area contributed by atoms with Crippen molar-refractivity contribution in [3.8, 4) is 0 Å². The number of nitrogens with one attached hydrogen (secondary N) is 1. The summed E-state index contributed by atoms with van der Waals surface area (Å²) in [6.07, 6.45) is 3.46. The van der Waals surface area contributed by atoms with Crippen molar-refractivity contribution in [3.63, 3.8) is 0 Å². The summed E-state index contributed by atoms with van der Waals surface area (Å²) in [4.78, 5) is 12.4. The molecule has 26 heavy (non-hydrogen) atoms. The molecule has 1 fully saturated rings. The summed E-state index contributed by atoms with van der Waals surface area (Å²) in [5.41, 5.74) is 1.20. The minimum Gasteiger partial charge on any atom is -0.393 e. The predicted molar refractivity (Wildman–Crippen MR) is 97.4 cm³/mol. The van der Waals surface area contributed by atoms with Crippen LogP contribution < -0.4 is 5.32 Å². The van der Waals surface area contributed by atoms with Gasteiger partial charge >= 0.3 is 0 Å². The third-order valence-corrected chi connectivity index (χ3v) is 5.10. The molecule has 138 valence electrons. The van der Waals surface area contributed by atoms with Gasteiger partial charge in [-0.2, -0.15) is 0 Å². The SMILES string of the molecule is O=C(Nc1ccc(F)c(Cl)c1)c1ccc(F)c(CC2CCC(O)CC2)c1. The number of anilines is 1. The zero-order chi connectivity index (χ0) is 18.7. The van der Waals surface area contributed by atoms with E-state index in [1.165, 1.54) is 30.3 Å². The van der Waals surface area contributed by atoms with E-state index >= 15 is 0 Å². The van der Waals surface area contributed by atoms with Gasteiger partial charge in [0, 0.05) is 11.3 Å². The van der Waals surface area contributed by atoms with Gasteiger partial charge in [-0.1, -0.05) is 11.6 Å². The Bertz CT molecular complexity index is 804. The van der Waals surface area contributed by atoms with Crippen LogP contribution in [0.25, 0.3) is 0 Å². The fourth-order valence-electron chi connectivity index (χ4n) is 3.31. The highest BCUT2D eigenvalue weighted by molar-refractivity contribution is 6.31. The molecule has 0 saturated heterocycles. The second-order valence-electron chi connectivity index (χ2n) is 6.77. The second-order valence-corrected chi connectivity index (χ2v) is 7.18. The number of halogens is 3. The van der Waals surface area contributed by atoms with Crippen LogP contribution in [0.1, 0.15) is 41.6 Å². The molecular weight excluding hydrogens is 360 g/mol. The second kappa shape index (κ2) is 8.14. The molecule has 0 unspecified atom stereocenters. The van der Waals surface area contributed by atoms with Gasteiger partial charge < -0.3 is 10.4 Å². The molecule has 0 heterocycles. The third-order valence-electron chi connectivity index (χ3n) is 4.81. The van der Waals surface area contributed by atoms with E-state index in [0.717, 1.165) is 25.7 Å². The summed E-state index contributed by atoms with van der Waals surface area (Å²) in [5, 5.41) is 12.1. The first kappa shape index (κ1) is 18.8. The number of rotatable bonds is 4.